The molecule has 0 spiro atoms. The maximum absolute atomic E-state index is 12.9. The van der Waals surface area contributed by atoms with E-state index in [1.54, 1.807) is 10.8 Å². The Kier molecular flexibility index (Phi) is 5.43. The third kappa shape index (κ3) is 3.54. The quantitative estimate of drug-likeness (QED) is 0.471. The highest BCUT2D eigenvalue weighted by molar-refractivity contribution is 7.13. The molecular weight excluding hydrogens is 396 g/mol. The first-order valence-corrected chi connectivity index (χ1v) is 10.1. The number of aliphatic hydroxyl groups excluding tert-OH is 1. The molecule has 142 valence electrons. The predicted molar refractivity (Wildman–Crippen MR) is 111 cm³/mol. The third-order valence-electron chi connectivity index (χ3n) is 4.33. The van der Waals surface area contributed by atoms with E-state index >= 15 is 0 Å². The molecule has 0 saturated carbocycles. The molecule has 4 rings (SSSR count). The number of rotatable bonds is 6. The van der Waals surface area contributed by atoms with Gasteiger partial charge in [0.25, 0.3) is 5.91 Å². The largest absolute Gasteiger partial charge is 0.492 e. The topological polar surface area (TPSA) is 64.3 Å². The molecule has 0 saturated heterocycles. The molecule has 2 heterocycles. The number of halogens is 1. The van der Waals surface area contributed by atoms with Crippen LogP contribution in [-0.4, -0.2) is 33.1 Å². The Labute approximate surface area is 170 Å². The minimum Gasteiger partial charge on any atom is -0.492 e. The van der Waals surface area contributed by atoms with Crippen LogP contribution in [-0.2, 0) is 6.61 Å². The van der Waals surface area contributed by atoms with Gasteiger partial charge in [0.15, 0.2) is 5.01 Å². The lowest BCUT2D eigenvalue weighted by Gasteiger charge is -2.09. The van der Waals surface area contributed by atoms with Gasteiger partial charge in [-0.05, 0) is 35.4 Å². The van der Waals surface area contributed by atoms with Gasteiger partial charge < -0.3 is 9.84 Å². The Bertz CT molecular complexity index is 1140. The van der Waals surface area contributed by atoms with Crippen molar-refractivity contribution in [2.24, 2.45) is 0 Å². The molecule has 0 amide bonds. The van der Waals surface area contributed by atoms with Gasteiger partial charge in [0, 0.05) is 17.8 Å². The van der Waals surface area contributed by atoms with Crippen molar-refractivity contribution in [3.05, 3.63) is 70.8 Å². The van der Waals surface area contributed by atoms with E-state index in [9.17, 15) is 9.90 Å². The van der Waals surface area contributed by atoms with Crippen LogP contribution in [0.5, 0.6) is 5.75 Å². The van der Waals surface area contributed by atoms with Crippen molar-refractivity contribution >= 4 is 39.7 Å². The van der Waals surface area contributed by atoms with Crippen LogP contribution in [0.1, 0.15) is 14.7 Å². The van der Waals surface area contributed by atoms with Crippen molar-refractivity contribution in [1.82, 2.24) is 9.55 Å². The molecule has 5 nitrogen and oxygen atoms in total. The van der Waals surface area contributed by atoms with Gasteiger partial charge in [0.2, 0.25) is 0 Å². The molecule has 0 atom stereocenters. The maximum atomic E-state index is 12.9. The van der Waals surface area contributed by atoms with Crippen LogP contribution >= 0.6 is 22.9 Å². The van der Waals surface area contributed by atoms with E-state index < -0.39 is 0 Å². The highest BCUT2D eigenvalue weighted by Gasteiger charge is 2.17. The van der Waals surface area contributed by atoms with Gasteiger partial charge in [0.05, 0.1) is 22.9 Å². The SMILES string of the molecule is O=C(c1ncc(CO)s1)n1ccc2c(-c3cccc(OCCCl)c3)cccc21. The number of carbonyl (C=O) groups is 1. The second kappa shape index (κ2) is 8.14. The van der Waals surface area contributed by atoms with E-state index in [1.807, 2.05) is 48.5 Å². The summed E-state index contributed by atoms with van der Waals surface area (Å²) in [7, 11) is 0. The predicted octanol–water partition coefficient (Wildman–Crippen LogP) is 4.56. The van der Waals surface area contributed by atoms with Crippen LogP contribution in [0.2, 0.25) is 0 Å². The summed E-state index contributed by atoms with van der Waals surface area (Å²) in [5.74, 6) is 0.973. The van der Waals surface area contributed by atoms with Crippen molar-refractivity contribution in [3.63, 3.8) is 0 Å². The summed E-state index contributed by atoms with van der Waals surface area (Å²) in [6.07, 6.45) is 3.28. The lowest BCUT2D eigenvalue weighted by atomic mass is 10.0. The van der Waals surface area contributed by atoms with E-state index in [0.717, 1.165) is 27.8 Å². The Morgan fingerprint density at radius 1 is 1.21 bits per heavy atom. The minimum absolute atomic E-state index is 0.121. The average molecular weight is 413 g/mol. The van der Waals surface area contributed by atoms with Crippen LogP contribution in [0.15, 0.2) is 60.9 Å². The standard InChI is InChI=1S/C21H17ClN2O3S/c22-8-10-27-15-4-1-3-14(11-15)17-5-2-6-19-18(17)7-9-24(19)21(26)20-23-12-16(13-25)28-20/h1-7,9,11-12,25H,8,10,13H2. The Morgan fingerprint density at radius 3 is 2.86 bits per heavy atom. The molecule has 4 aromatic rings. The fourth-order valence-electron chi connectivity index (χ4n) is 3.09. The van der Waals surface area contributed by atoms with E-state index in [1.165, 1.54) is 17.5 Å². The van der Waals surface area contributed by atoms with Crippen LogP contribution in [0.3, 0.4) is 0 Å². The Balaban J connectivity index is 1.74. The molecule has 2 aromatic carbocycles. The van der Waals surface area contributed by atoms with E-state index in [2.05, 4.69) is 4.98 Å². The Morgan fingerprint density at radius 2 is 2.07 bits per heavy atom. The van der Waals surface area contributed by atoms with Gasteiger partial charge in [-0.1, -0.05) is 24.3 Å². The number of alkyl halides is 1. The first-order valence-electron chi connectivity index (χ1n) is 8.71. The first kappa shape index (κ1) is 18.7. The van der Waals surface area contributed by atoms with Crippen molar-refractivity contribution < 1.29 is 14.6 Å². The molecule has 0 aliphatic heterocycles. The number of hydrogen-bond acceptors (Lipinski definition) is 5. The van der Waals surface area contributed by atoms with Crippen LogP contribution < -0.4 is 4.74 Å². The fourth-order valence-corrected chi connectivity index (χ4v) is 3.88. The third-order valence-corrected chi connectivity index (χ3v) is 5.46. The van der Waals surface area contributed by atoms with Gasteiger partial charge in [-0.3, -0.25) is 9.36 Å². The second-order valence-corrected chi connectivity index (χ2v) is 7.58. The van der Waals surface area contributed by atoms with Gasteiger partial charge >= 0.3 is 0 Å². The monoisotopic (exact) mass is 412 g/mol. The summed E-state index contributed by atoms with van der Waals surface area (Å²) in [6, 6.07) is 15.6. The number of benzene rings is 2. The number of aliphatic hydroxyl groups is 1. The van der Waals surface area contributed by atoms with Gasteiger partial charge in [-0.15, -0.1) is 22.9 Å². The number of nitrogens with zero attached hydrogens (tertiary/aromatic N) is 2. The molecule has 0 aliphatic carbocycles. The molecule has 0 aliphatic rings. The van der Waals surface area contributed by atoms with Crippen molar-refractivity contribution in [1.29, 1.82) is 0 Å². The molecule has 0 radical (unpaired) electrons. The zero-order chi connectivity index (χ0) is 19.5. The Hall–Kier alpha value is -2.67. The summed E-state index contributed by atoms with van der Waals surface area (Å²) in [5.41, 5.74) is 2.81. The highest BCUT2D eigenvalue weighted by Crippen LogP contribution is 2.32. The number of ether oxygens (including phenoxy) is 1. The molecule has 0 bridgehead atoms. The zero-order valence-electron chi connectivity index (χ0n) is 14.8. The molecule has 0 fully saturated rings. The van der Waals surface area contributed by atoms with Crippen LogP contribution in [0, 0.1) is 0 Å². The van der Waals surface area contributed by atoms with E-state index in [-0.39, 0.29) is 12.5 Å². The summed E-state index contributed by atoms with van der Waals surface area (Å²) >= 11 is 6.90. The summed E-state index contributed by atoms with van der Waals surface area (Å²) < 4.78 is 7.21. The summed E-state index contributed by atoms with van der Waals surface area (Å²) in [4.78, 5) is 17.7. The lowest BCUT2D eigenvalue weighted by molar-refractivity contribution is 0.0964. The molecular formula is C21H17ClN2O3S. The first-order chi connectivity index (χ1) is 13.7. The molecule has 2 aromatic heterocycles. The fraction of sp³-hybridized carbons (Fsp3) is 0.143. The van der Waals surface area contributed by atoms with Gasteiger partial charge in [-0.25, -0.2) is 4.98 Å². The lowest BCUT2D eigenvalue weighted by Crippen LogP contribution is -2.09. The normalized spacial score (nSPS) is 11.1. The smallest absolute Gasteiger partial charge is 0.291 e. The highest BCUT2D eigenvalue weighted by atomic mass is 35.5. The minimum atomic E-state index is -0.212. The average Bonchev–Trinajstić information content (AvgIpc) is 3.39. The summed E-state index contributed by atoms with van der Waals surface area (Å²) in [5, 5.41) is 10.5. The summed E-state index contributed by atoms with van der Waals surface area (Å²) in [6.45, 7) is 0.327. The van der Waals surface area contributed by atoms with Crippen LogP contribution in [0.25, 0.3) is 22.0 Å². The van der Waals surface area contributed by atoms with Crippen LogP contribution in [0.4, 0.5) is 0 Å². The zero-order valence-corrected chi connectivity index (χ0v) is 16.4. The number of carbonyl (C=O) groups excluding carboxylic acids is 1. The van der Waals surface area contributed by atoms with Crippen molar-refractivity contribution in [3.8, 4) is 16.9 Å². The number of aromatic nitrogens is 2. The molecule has 0 unspecified atom stereocenters. The van der Waals surface area contributed by atoms with Crippen molar-refractivity contribution in [2.75, 3.05) is 12.5 Å². The van der Waals surface area contributed by atoms with Gasteiger partial charge in [-0.2, -0.15) is 0 Å². The van der Waals surface area contributed by atoms with E-state index in [0.29, 0.717) is 22.4 Å². The maximum Gasteiger partial charge on any atom is 0.291 e. The molecule has 28 heavy (non-hydrogen) atoms. The van der Waals surface area contributed by atoms with E-state index in [4.69, 9.17) is 16.3 Å². The number of fused-ring (bicyclic) bond motifs is 1. The second-order valence-electron chi connectivity index (χ2n) is 6.08. The van der Waals surface area contributed by atoms with Crippen molar-refractivity contribution in [2.45, 2.75) is 6.61 Å². The van der Waals surface area contributed by atoms with Gasteiger partial charge in [0.1, 0.15) is 12.4 Å². The molecule has 1 N–H and O–H groups in total. The number of thiazole rings is 1. The molecule has 7 heteroatoms. The number of hydrogen-bond donors (Lipinski definition) is 1.